The summed E-state index contributed by atoms with van der Waals surface area (Å²) in [6.45, 7) is 4.72. The lowest BCUT2D eigenvalue weighted by Gasteiger charge is -2.17. The van der Waals surface area contributed by atoms with Crippen molar-refractivity contribution in [3.63, 3.8) is 0 Å². The molecule has 0 heterocycles. The van der Waals surface area contributed by atoms with Crippen LogP contribution in [0.25, 0.3) is 0 Å². The first-order valence-electron chi connectivity index (χ1n) is 7.12. The molecular weight excluding hydrogens is 274 g/mol. The minimum atomic E-state index is 0.0481. The molecule has 0 aromatic heterocycles. The highest BCUT2D eigenvalue weighted by molar-refractivity contribution is 6.17. The van der Waals surface area contributed by atoms with Crippen molar-refractivity contribution in [3.8, 4) is 5.75 Å². The van der Waals surface area contributed by atoms with Crippen molar-refractivity contribution in [2.45, 2.75) is 39.2 Å². The summed E-state index contributed by atoms with van der Waals surface area (Å²) >= 11 is 5.63. The maximum absolute atomic E-state index is 12.2. The fraction of sp³-hybridized carbons (Fsp3) is 0.562. The van der Waals surface area contributed by atoms with Crippen molar-refractivity contribution >= 4 is 17.5 Å². The molecule has 112 valence electrons. The van der Waals surface area contributed by atoms with E-state index in [0.717, 1.165) is 31.6 Å². The first-order chi connectivity index (χ1) is 9.54. The van der Waals surface area contributed by atoms with E-state index in [1.165, 1.54) is 0 Å². The van der Waals surface area contributed by atoms with Gasteiger partial charge in [0.2, 0.25) is 0 Å². The minimum absolute atomic E-state index is 0.0481. The Morgan fingerprint density at radius 2 is 1.85 bits per heavy atom. The van der Waals surface area contributed by atoms with Crippen LogP contribution in [-0.2, 0) is 0 Å². The molecule has 0 saturated carbocycles. The summed E-state index contributed by atoms with van der Waals surface area (Å²) in [5.41, 5.74) is 0.695. The van der Waals surface area contributed by atoms with E-state index in [9.17, 15) is 4.79 Å². The number of nitrogens with zero attached hydrogens (tertiary/aromatic N) is 1. The standard InChI is InChI=1S/C16H24ClNO2/c1-13(2)20-15-9-7-14(8-10-15)16(19)18(3)12-6-4-5-11-17/h7-10,13H,4-6,11-12H2,1-3H3. The third-order valence-electron chi connectivity index (χ3n) is 2.95. The molecule has 0 radical (unpaired) electrons. The molecule has 1 aromatic rings. The normalized spacial score (nSPS) is 10.7. The average Bonchev–Trinajstić information content (AvgIpc) is 2.43. The Morgan fingerprint density at radius 3 is 2.40 bits per heavy atom. The molecule has 0 aliphatic heterocycles. The van der Waals surface area contributed by atoms with Crippen LogP contribution in [0, 0.1) is 0 Å². The second kappa shape index (κ2) is 8.85. The summed E-state index contributed by atoms with van der Waals surface area (Å²) in [4.78, 5) is 14.0. The van der Waals surface area contributed by atoms with Gasteiger partial charge in [0, 0.05) is 25.0 Å². The Labute approximate surface area is 126 Å². The number of hydrogen-bond donors (Lipinski definition) is 0. The van der Waals surface area contributed by atoms with Gasteiger partial charge in [0.1, 0.15) is 5.75 Å². The number of hydrogen-bond acceptors (Lipinski definition) is 2. The third-order valence-corrected chi connectivity index (χ3v) is 3.21. The molecule has 0 fully saturated rings. The fourth-order valence-corrected chi connectivity index (χ4v) is 2.08. The highest BCUT2D eigenvalue weighted by Crippen LogP contribution is 2.15. The number of amides is 1. The lowest BCUT2D eigenvalue weighted by molar-refractivity contribution is 0.0792. The van der Waals surface area contributed by atoms with Crippen LogP contribution in [0.1, 0.15) is 43.5 Å². The Bertz CT molecular complexity index is 403. The number of halogens is 1. The van der Waals surface area contributed by atoms with Gasteiger partial charge in [-0.2, -0.15) is 0 Å². The van der Waals surface area contributed by atoms with Crippen LogP contribution < -0.4 is 4.74 Å². The molecule has 0 unspecified atom stereocenters. The second-order valence-corrected chi connectivity index (χ2v) is 5.55. The van der Waals surface area contributed by atoms with E-state index in [1.807, 2.05) is 45.2 Å². The summed E-state index contributed by atoms with van der Waals surface area (Å²) in [7, 11) is 1.83. The van der Waals surface area contributed by atoms with E-state index >= 15 is 0 Å². The van der Waals surface area contributed by atoms with Crippen molar-refractivity contribution in [2.75, 3.05) is 19.5 Å². The number of ether oxygens (including phenoxy) is 1. The Hall–Kier alpha value is -1.22. The van der Waals surface area contributed by atoms with Gasteiger partial charge in [-0.1, -0.05) is 6.42 Å². The van der Waals surface area contributed by atoms with Crippen LogP contribution in [0.5, 0.6) is 5.75 Å². The zero-order valence-corrected chi connectivity index (χ0v) is 13.3. The maximum atomic E-state index is 12.2. The Morgan fingerprint density at radius 1 is 1.20 bits per heavy atom. The molecule has 1 amide bonds. The van der Waals surface area contributed by atoms with Gasteiger partial charge < -0.3 is 9.64 Å². The lowest BCUT2D eigenvalue weighted by atomic mass is 10.2. The number of benzene rings is 1. The number of unbranched alkanes of at least 4 members (excludes halogenated alkanes) is 2. The van der Waals surface area contributed by atoms with Gasteiger partial charge in [0.05, 0.1) is 6.10 Å². The van der Waals surface area contributed by atoms with Crippen molar-refractivity contribution in [1.82, 2.24) is 4.90 Å². The van der Waals surface area contributed by atoms with Crippen LogP contribution >= 0.6 is 11.6 Å². The second-order valence-electron chi connectivity index (χ2n) is 5.17. The predicted molar refractivity (Wildman–Crippen MR) is 83.7 cm³/mol. The number of carbonyl (C=O) groups is 1. The molecule has 0 N–H and O–H groups in total. The minimum Gasteiger partial charge on any atom is -0.491 e. The number of alkyl halides is 1. The van der Waals surface area contributed by atoms with E-state index < -0.39 is 0 Å². The van der Waals surface area contributed by atoms with E-state index in [2.05, 4.69) is 0 Å². The van der Waals surface area contributed by atoms with Crippen molar-refractivity contribution < 1.29 is 9.53 Å². The quantitative estimate of drug-likeness (QED) is 0.537. The van der Waals surface area contributed by atoms with Crippen LogP contribution in [0.3, 0.4) is 0 Å². The summed E-state index contributed by atoms with van der Waals surface area (Å²) in [6.07, 6.45) is 3.19. The average molecular weight is 298 g/mol. The largest absolute Gasteiger partial charge is 0.491 e. The third kappa shape index (κ3) is 5.83. The number of carbonyl (C=O) groups excluding carboxylic acids is 1. The molecule has 0 aliphatic rings. The zero-order chi connectivity index (χ0) is 15.0. The van der Waals surface area contributed by atoms with E-state index in [1.54, 1.807) is 4.90 Å². The molecule has 20 heavy (non-hydrogen) atoms. The SMILES string of the molecule is CC(C)Oc1ccc(C(=O)N(C)CCCCCCl)cc1. The maximum Gasteiger partial charge on any atom is 0.253 e. The Kier molecular flexibility index (Phi) is 7.45. The van der Waals surface area contributed by atoms with Gasteiger partial charge in [-0.25, -0.2) is 0 Å². The predicted octanol–water partition coefficient (Wildman–Crippen LogP) is 3.95. The van der Waals surface area contributed by atoms with E-state index in [0.29, 0.717) is 11.4 Å². The summed E-state index contributed by atoms with van der Waals surface area (Å²) < 4.78 is 5.56. The summed E-state index contributed by atoms with van der Waals surface area (Å²) in [5, 5.41) is 0. The first-order valence-corrected chi connectivity index (χ1v) is 7.66. The van der Waals surface area contributed by atoms with Crippen LogP contribution in [0.15, 0.2) is 24.3 Å². The Balaban J connectivity index is 2.49. The van der Waals surface area contributed by atoms with Crippen molar-refractivity contribution in [2.24, 2.45) is 0 Å². The molecule has 1 aromatic carbocycles. The van der Waals surface area contributed by atoms with Gasteiger partial charge in [0.15, 0.2) is 0 Å². The molecule has 4 heteroatoms. The van der Waals surface area contributed by atoms with Gasteiger partial charge in [-0.15, -0.1) is 11.6 Å². The molecule has 0 aliphatic carbocycles. The highest BCUT2D eigenvalue weighted by Gasteiger charge is 2.11. The van der Waals surface area contributed by atoms with Gasteiger partial charge in [0.25, 0.3) is 5.91 Å². The molecule has 3 nitrogen and oxygen atoms in total. The van der Waals surface area contributed by atoms with Gasteiger partial charge in [-0.3, -0.25) is 4.79 Å². The van der Waals surface area contributed by atoms with Crippen molar-refractivity contribution in [1.29, 1.82) is 0 Å². The molecule has 1 rings (SSSR count). The van der Waals surface area contributed by atoms with Crippen molar-refractivity contribution in [3.05, 3.63) is 29.8 Å². The molecule has 0 bridgehead atoms. The van der Waals surface area contributed by atoms with Crippen LogP contribution in [0.2, 0.25) is 0 Å². The zero-order valence-electron chi connectivity index (χ0n) is 12.6. The van der Waals surface area contributed by atoms with Crippen LogP contribution in [0.4, 0.5) is 0 Å². The lowest BCUT2D eigenvalue weighted by Crippen LogP contribution is -2.27. The molecule has 0 spiro atoms. The molecule has 0 atom stereocenters. The monoisotopic (exact) mass is 297 g/mol. The summed E-state index contributed by atoms with van der Waals surface area (Å²) in [5.74, 6) is 1.53. The smallest absolute Gasteiger partial charge is 0.253 e. The highest BCUT2D eigenvalue weighted by atomic mass is 35.5. The number of rotatable bonds is 8. The fourth-order valence-electron chi connectivity index (χ4n) is 1.89. The van der Waals surface area contributed by atoms with E-state index in [4.69, 9.17) is 16.3 Å². The van der Waals surface area contributed by atoms with Gasteiger partial charge in [-0.05, 0) is 51.0 Å². The molecule has 0 saturated heterocycles. The van der Waals surface area contributed by atoms with Gasteiger partial charge >= 0.3 is 0 Å². The first kappa shape index (κ1) is 16.8. The van der Waals surface area contributed by atoms with Crippen LogP contribution in [-0.4, -0.2) is 36.4 Å². The molecular formula is C16H24ClNO2. The summed E-state index contributed by atoms with van der Waals surface area (Å²) in [6, 6.07) is 7.31. The van der Waals surface area contributed by atoms with E-state index in [-0.39, 0.29) is 12.0 Å². The topological polar surface area (TPSA) is 29.5 Å².